The Balaban J connectivity index is 2.14. The zero-order valence-electron chi connectivity index (χ0n) is 10.3. The summed E-state index contributed by atoms with van der Waals surface area (Å²) in [5, 5.41) is 6.38. The van der Waals surface area contributed by atoms with Gasteiger partial charge in [-0.15, -0.1) is 0 Å². The summed E-state index contributed by atoms with van der Waals surface area (Å²) >= 11 is 0. The zero-order chi connectivity index (χ0) is 12.3. The van der Waals surface area contributed by atoms with E-state index >= 15 is 0 Å². The number of nitrogens with one attached hydrogen (secondary N) is 2. The molecule has 0 bridgehead atoms. The van der Waals surface area contributed by atoms with E-state index in [1.165, 1.54) is 0 Å². The molecule has 1 aliphatic heterocycles. The Kier molecular flexibility index (Phi) is 3.33. The molecule has 1 aliphatic rings. The van der Waals surface area contributed by atoms with Crippen LogP contribution in [-0.4, -0.2) is 35.8 Å². The summed E-state index contributed by atoms with van der Waals surface area (Å²) < 4.78 is 5.36. The summed E-state index contributed by atoms with van der Waals surface area (Å²) in [6.07, 6.45) is 1.93. The molecule has 1 aromatic heterocycles. The summed E-state index contributed by atoms with van der Waals surface area (Å²) in [5.41, 5.74) is 5.67. The van der Waals surface area contributed by atoms with Gasteiger partial charge in [0.2, 0.25) is 5.95 Å². The molecule has 2 heterocycles. The monoisotopic (exact) mass is 237 g/mol. The largest absolute Gasteiger partial charge is 0.381 e. The SMILES string of the molecule is CNc1cc(NC2(C)CCOCC2)nc(N)n1. The number of rotatable bonds is 3. The minimum Gasteiger partial charge on any atom is -0.381 e. The van der Waals surface area contributed by atoms with Crippen molar-refractivity contribution in [2.24, 2.45) is 0 Å². The normalized spacial score (nSPS) is 18.7. The second-order valence-electron chi connectivity index (χ2n) is 4.54. The van der Waals surface area contributed by atoms with Gasteiger partial charge in [0.05, 0.1) is 0 Å². The average molecular weight is 237 g/mol. The van der Waals surface area contributed by atoms with Crippen LogP contribution in [-0.2, 0) is 4.74 Å². The Morgan fingerprint density at radius 3 is 2.59 bits per heavy atom. The Morgan fingerprint density at radius 1 is 1.29 bits per heavy atom. The van der Waals surface area contributed by atoms with Gasteiger partial charge in [0.15, 0.2) is 0 Å². The maximum atomic E-state index is 5.66. The van der Waals surface area contributed by atoms with Crippen molar-refractivity contribution in [2.45, 2.75) is 25.3 Å². The predicted molar refractivity (Wildman–Crippen MR) is 68.1 cm³/mol. The quantitative estimate of drug-likeness (QED) is 0.729. The molecule has 0 unspecified atom stereocenters. The second kappa shape index (κ2) is 4.75. The van der Waals surface area contributed by atoms with E-state index < -0.39 is 0 Å². The van der Waals surface area contributed by atoms with Crippen molar-refractivity contribution in [3.05, 3.63) is 6.07 Å². The molecule has 1 saturated heterocycles. The lowest BCUT2D eigenvalue weighted by Gasteiger charge is -2.35. The van der Waals surface area contributed by atoms with Crippen molar-refractivity contribution in [1.29, 1.82) is 0 Å². The topological polar surface area (TPSA) is 85.1 Å². The molecule has 17 heavy (non-hydrogen) atoms. The van der Waals surface area contributed by atoms with Crippen molar-refractivity contribution in [1.82, 2.24) is 9.97 Å². The van der Waals surface area contributed by atoms with E-state index in [2.05, 4.69) is 27.5 Å². The van der Waals surface area contributed by atoms with Gasteiger partial charge in [0, 0.05) is 31.9 Å². The van der Waals surface area contributed by atoms with Gasteiger partial charge in [0.1, 0.15) is 11.6 Å². The number of anilines is 3. The molecule has 0 aliphatic carbocycles. The van der Waals surface area contributed by atoms with Crippen molar-refractivity contribution in [3.63, 3.8) is 0 Å². The van der Waals surface area contributed by atoms with E-state index in [9.17, 15) is 0 Å². The third-order valence-corrected chi connectivity index (χ3v) is 3.03. The first-order chi connectivity index (χ1) is 8.11. The summed E-state index contributed by atoms with van der Waals surface area (Å²) in [6.45, 7) is 3.73. The number of nitrogen functional groups attached to an aromatic ring is 1. The highest BCUT2D eigenvalue weighted by Gasteiger charge is 2.27. The Hall–Kier alpha value is -1.56. The minimum absolute atomic E-state index is 0.0179. The predicted octanol–water partition coefficient (Wildman–Crippen LogP) is 1.08. The van der Waals surface area contributed by atoms with Crippen LogP contribution in [0.5, 0.6) is 0 Å². The fourth-order valence-electron chi connectivity index (χ4n) is 1.91. The lowest BCUT2D eigenvalue weighted by Crippen LogP contribution is -2.40. The highest BCUT2D eigenvalue weighted by Crippen LogP contribution is 2.25. The van der Waals surface area contributed by atoms with Gasteiger partial charge in [-0.05, 0) is 19.8 Å². The number of ether oxygens (including phenoxy) is 1. The van der Waals surface area contributed by atoms with Gasteiger partial charge in [-0.3, -0.25) is 0 Å². The number of hydrogen-bond acceptors (Lipinski definition) is 6. The van der Waals surface area contributed by atoms with Crippen molar-refractivity contribution in [2.75, 3.05) is 36.6 Å². The Bertz CT molecular complexity index is 389. The van der Waals surface area contributed by atoms with Crippen LogP contribution in [0.1, 0.15) is 19.8 Å². The molecule has 6 heteroatoms. The standard InChI is InChI=1S/C11H19N5O/c1-11(3-5-17-6-4-11)16-9-7-8(13-2)14-10(12)15-9/h7H,3-6H2,1-2H3,(H4,12,13,14,15,16). The molecule has 94 valence electrons. The smallest absolute Gasteiger partial charge is 0.223 e. The van der Waals surface area contributed by atoms with Gasteiger partial charge in [-0.1, -0.05) is 0 Å². The molecule has 0 radical (unpaired) electrons. The van der Waals surface area contributed by atoms with Gasteiger partial charge in [0.25, 0.3) is 0 Å². The summed E-state index contributed by atoms with van der Waals surface area (Å²) in [7, 11) is 1.81. The lowest BCUT2D eigenvalue weighted by atomic mass is 9.92. The van der Waals surface area contributed by atoms with E-state index in [1.807, 2.05) is 13.1 Å². The van der Waals surface area contributed by atoms with E-state index in [4.69, 9.17) is 10.5 Å². The maximum Gasteiger partial charge on any atom is 0.223 e. The molecule has 1 aromatic rings. The number of nitrogens with two attached hydrogens (primary N) is 1. The van der Waals surface area contributed by atoms with E-state index in [0.29, 0.717) is 0 Å². The molecular formula is C11H19N5O. The highest BCUT2D eigenvalue weighted by atomic mass is 16.5. The van der Waals surface area contributed by atoms with E-state index in [1.54, 1.807) is 0 Å². The summed E-state index contributed by atoms with van der Waals surface area (Å²) in [5.74, 6) is 1.75. The van der Waals surface area contributed by atoms with Crippen LogP contribution in [0, 0.1) is 0 Å². The van der Waals surface area contributed by atoms with Crippen LogP contribution in [0.15, 0.2) is 6.07 Å². The van der Waals surface area contributed by atoms with Crippen molar-refractivity contribution < 1.29 is 4.74 Å². The maximum absolute atomic E-state index is 5.66. The first-order valence-corrected chi connectivity index (χ1v) is 5.79. The number of nitrogens with zero attached hydrogens (tertiary/aromatic N) is 2. The molecule has 0 aromatic carbocycles. The molecular weight excluding hydrogens is 218 g/mol. The third kappa shape index (κ3) is 2.97. The molecule has 0 amide bonds. The summed E-state index contributed by atoms with van der Waals surface area (Å²) in [4.78, 5) is 8.25. The third-order valence-electron chi connectivity index (χ3n) is 3.03. The number of hydrogen-bond donors (Lipinski definition) is 3. The van der Waals surface area contributed by atoms with Crippen LogP contribution in [0.25, 0.3) is 0 Å². The Labute approximate surface area is 101 Å². The molecule has 4 N–H and O–H groups in total. The molecule has 0 atom stereocenters. The van der Waals surface area contributed by atoms with Crippen LogP contribution in [0.2, 0.25) is 0 Å². The summed E-state index contributed by atoms with van der Waals surface area (Å²) in [6, 6.07) is 1.86. The second-order valence-corrected chi connectivity index (χ2v) is 4.54. The van der Waals surface area contributed by atoms with Gasteiger partial charge in [-0.25, -0.2) is 0 Å². The van der Waals surface area contributed by atoms with Crippen molar-refractivity contribution >= 4 is 17.6 Å². The minimum atomic E-state index is 0.0179. The van der Waals surface area contributed by atoms with E-state index in [0.717, 1.165) is 37.7 Å². The highest BCUT2D eigenvalue weighted by molar-refractivity contribution is 5.51. The molecule has 1 fully saturated rings. The molecule has 6 nitrogen and oxygen atoms in total. The number of aromatic nitrogens is 2. The van der Waals surface area contributed by atoms with Gasteiger partial charge in [-0.2, -0.15) is 9.97 Å². The van der Waals surface area contributed by atoms with Crippen LogP contribution in [0.3, 0.4) is 0 Å². The fourth-order valence-corrected chi connectivity index (χ4v) is 1.91. The molecule has 0 spiro atoms. The fraction of sp³-hybridized carbons (Fsp3) is 0.636. The van der Waals surface area contributed by atoms with Gasteiger partial charge >= 0.3 is 0 Å². The van der Waals surface area contributed by atoms with Crippen LogP contribution >= 0.6 is 0 Å². The van der Waals surface area contributed by atoms with Gasteiger partial charge < -0.3 is 21.1 Å². The average Bonchev–Trinajstić information content (AvgIpc) is 2.28. The molecule has 0 saturated carbocycles. The Morgan fingerprint density at radius 2 is 1.94 bits per heavy atom. The van der Waals surface area contributed by atoms with Crippen molar-refractivity contribution in [3.8, 4) is 0 Å². The first kappa shape index (κ1) is 11.9. The van der Waals surface area contributed by atoms with E-state index in [-0.39, 0.29) is 11.5 Å². The molecule has 2 rings (SSSR count). The zero-order valence-corrected chi connectivity index (χ0v) is 10.3. The first-order valence-electron chi connectivity index (χ1n) is 5.79. The van der Waals surface area contributed by atoms with Crippen LogP contribution in [0.4, 0.5) is 17.6 Å². The van der Waals surface area contributed by atoms with Crippen LogP contribution < -0.4 is 16.4 Å². The lowest BCUT2D eigenvalue weighted by molar-refractivity contribution is 0.0657.